The fraction of sp³-hybridized carbons (Fsp3) is 0.321. The van der Waals surface area contributed by atoms with Gasteiger partial charge in [0.1, 0.15) is 5.92 Å². The first-order chi connectivity index (χ1) is 16.5. The maximum absolute atomic E-state index is 14.1. The quantitative estimate of drug-likeness (QED) is 0.509. The van der Waals surface area contributed by atoms with Crippen molar-refractivity contribution in [2.45, 2.75) is 39.0 Å². The molecule has 3 unspecified atom stereocenters. The summed E-state index contributed by atoms with van der Waals surface area (Å²) in [4.78, 5) is 40.2. The average Bonchev–Trinajstić information content (AvgIpc) is 2.84. The molecule has 4 rings (SSSR count). The molecule has 1 N–H and O–H groups in total. The molecule has 0 saturated carbocycles. The molecule has 0 saturated heterocycles. The molecular formula is C28H29NO5. The minimum Gasteiger partial charge on any atom is -0.465 e. The molecule has 176 valence electrons. The molecule has 34 heavy (non-hydrogen) atoms. The third kappa shape index (κ3) is 4.28. The third-order valence-electron chi connectivity index (χ3n) is 6.42. The Bertz CT molecular complexity index is 1150. The molecule has 1 aliphatic carbocycles. The van der Waals surface area contributed by atoms with Crippen LogP contribution in [0, 0.1) is 5.92 Å². The SMILES string of the molecule is CCOC(=O)C1=C(C)NC2=C(C(=O)C(C(=O)OCC)C(c3ccccc3)C2)C1c1ccccc1. The van der Waals surface area contributed by atoms with Gasteiger partial charge in [-0.05, 0) is 38.3 Å². The number of rotatable bonds is 6. The molecule has 6 heteroatoms. The second-order valence-corrected chi connectivity index (χ2v) is 8.44. The highest BCUT2D eigenvalue weighted by molar-refractivity contribution is 6.13. The van der Waals surface area contributed by atoms with Crippen molar-refractivity contribution in [3.63, 3.8) is 0 Å². The van der Waals surface area contributed by atoms with Crippen LogP contribution >= 0.6 is 0 Å². The Kier molecular flexibility index (Phi) is 6.96. The van der Waals surface area contributed by atoms with E-state index in [2.05, 4.69) is 5.32 Å². The normalized spacial score (nSPS) is 22.1. The summed E-state index contributed by atoms with van der Waals surface area (Å²) in [6.07, 6.45) is 0.450. The summed E-state index contributed by atoms with van der Waals surface area (Å²) in [5.74, 6) is -3.31. The van der Waals surface area contributed by atoms with E-state index in [1.165, 1.54) is 0 Å². The molecule has 6 nitrogen and oxygen atoms in total. The van der Waals surface area contributed by atoms with Gasteiger partial charge < -0.3 is 14.8 Å². The van der Waals surface area contributed by atoms with Crippen molar-refractivity contribution in [2.24, 2.45) is 5.92 Å². The van der Waals surface area contributed by atoms with Crippen LogP contribution in [0.5, 0.6) is 0 Å². The fourth-order valence-corrected chi connectivity index (χ4v) is 5.01. The number of dihydropyridines is 1. The highest BCUT2D eigenvalue weighted by Crippen LogP contribution is 2.48. The molecule has 3 atom stereocenters. The molecule has 0 amide bonds. The van der Waals surface area contributed by atoms with Gasteiger partial charge in [-0.2, -0.15) is 0 Å². The minimum atomic E-state index is -0.990. The van der Waals surface area contributed by atoms with E-state index in [-0.39, 0.29) is 24.9 Å². The third-order valence-corrected chi connectivity index (χ3v) is 6.42. The van der Waals surface area contributed by atoms with Gasteiger partial charge in [-0.25, -0.2) is 4.79 Å². The van der Waals surface area contributed by atoms with Gasteiger partial charge in [0.2, 0.25) is 0 Å². The first-order valence-corrected chi connectivity index (χ1v) is 11.7. The summed E-state index contributed by atoms with van der Waals surface area (Å²) in [6, 6.07) is 19.0. The van der Waals surface area contributed by atoms with Gasteiger partial charge in [0.15, 0.2) is 5.78 Å². The van der Waals surface area contributed by atoms with Gasteiger partial charge in [0, 0.05) is 28.8 Å². The molecule has 0 aromatic heterocycles. The summed E-state index contributed by atoms with van der Waals surface area (Å²) in [5.41, 5.74) is 3.91. The zero-order valence-corrected chi connectivity index (χ0v) is 19.7. The number of allylic oxidation sites excluding steroid dienone is 3. The van der Waals surface area contributed by atoms with Gasteiger partial charge in [0.25, 0.3) is 0 Å². The number of carbonyl (C=O) groups excluding carboxylic acids is 3. The lowest BCUT2D eigenvalue weighted by molar-refractivity contribution is -0.152. The fourth-order valence-electron chi connectivity index (χ4n) is 5.01. The topological polar surface area (TPSA) is 81.7 Å². The predicted molar refractivity (Wildman–Crippen MR) is 128 cm³/mol. The number of carbonyl (C=O) groups is 3. The van der Waals surface area contributed by atoms with Crippen molar-refractivity contribution < 1.29 is 23.9 Å². The van der Waals surface area contributed by atoms with Crippen molar-refractivity contribution in [2.75, 3.05) is 13.2 Å². The summed E-state index contributed by atoms with van der Waals surface area (Å²) < 4.78 is 10.7. The number of nitrogens with one attached hydrogen (secondary N) is 1. The second-order valence-electron chi connectivity index (χ2n) is 8.44. The average molecular weight is 460 g/mol. The molecule has 0 radical (unpaired) electrons. The molecule has 2 aromatic carbocycles. The van der Waals surface area contributed by atoms with E-state index in [0.29, 0.717) is 23.3 Å². The highest BCUT2D eigenvalue weighted by Gasteiger charge is 2.49. The number of ketones is 1. The van der Waals surface area contributed by atoms with Gasteiger partial charge in [-0.1, -0.05) is 60.7 Å². The Morgan fingerprint density at radius 2 is 1.50 bits per heavy atom. The Balaban J connectivity index is 1.88. The van der Waals surface area contributed by atoms with E-state index in [4.69, 9.17) is 9.47 Å². The number of benzene rings is 2. The molecule has 0 spiro atoms. The monoisotopic (exact) mass is 459 g/mol. The standard InChI is InChI=1S/C28H29NO5/c1-4-33-27(31)22-17(3)29-21-16-20(18-12-8-6-9-13-18)24(28(32)34-5-2)26(30)25(21)23(22)19-14-10-7-11-15-19/h6-15,20,23-24,29H,4-5,16H2,1-3H3. The smallest absolute Gasteiger partial charge is 0.336 e. The molecular weight excluding hydrogens is 430 g/mol. The van der Waals surface area contributed by atoms with Crippen molar-refractivity contribution in [3.8, 4) is 0 Å². The number of Topliss-reactive ketones (excluding diaryl/α,β-unsaturated/α-hetero) is 1. The molecule has 1 aliphatic heterocycles. The molecule has 2 aliphatic rings. The zero-order chi connectivity index (χ0) is 24.2. The van der Waals surface area contributed by atoms with Crippen LogP contribution in [-0.2, 0) is 23.9 Å². The van der Waals surface area contributed by atoms with Crippen LogP contribution in [0.25, 0.3) is 0 Å². The van der Waals surface area contributed by atoms with Crippen LogP contribution in [0.15, 0.2) is 83.2 Å². The van der Waals surface area contributed by atoms with Crippen LogP contribution in [-0.4, -0.2) is 30.9 Å². The van der Waals surface area contributed by atoms with Crippen molar-refractivity contribution >= 4 is 17.7 Å². The van der Waals surface area contributed by atoms with E-state index >= 15 is 0 Å². The Labute approximate surface area is 199 Å². The maximum Gasteiger partial charge on any atom is 0.336 e. The van der Waals surface area contributed by atoms with E-state index in [0.717, 1.165) is 16.8 Å². The van der Waals surface area contributed by atoms with Gasteiger partial charge in [-0.15, -0.1) is 0 Å². The van der Waals surface area contributed by atoms with E-state index in [1.807, 2.05) is 67.6 Å². The van der Waals surface area contributed by atoms with Crippen molar-refractivity contribution in [1.82, 2.24) is 5.32 Å². The lowest BCUT2D eigenvalue weighted by Crippen LogP contribution is -2.43. The van der Waals surface area contributed by atoms with E-state index < -0.39 is 23.8 Å². The zero-order valence-electron chi connectivity index (χ0n) is 19.7. The van der Waals surface area contributed by atoms with E-state index in [1.54, 1.807) is 13.8 Å². The van der Waals surface area contributed by atoms with Crippen molar-refractivity contribution in [3.05, 3.63) is 94.3 Å². The number of esters is 2. The first-order valence-electron chi connectivity index (χ1n) is 11.7. The molecule has 0 bridgehead atoms. The lowest BCUT2D eigenvalue weighted by Gasteiger charge is -2.39. The molecule has 2 aromatic rings. The van der Waals surface area contributed by atoms with Gasteiger partial charge in [0.05, 0.1) is 18.8 Å². The number of hydrogen-bond donors (Lipinski definition) is 1. The number of ether oxygens (including phenoxy) is 2. The second kappa shape index (κ2) is 10.1. The maximum atomic E-state index is 14.1. The number of hydrogen-bond acceptors (Lipinski definition) is 6. The van der Waals surface area contributed by atoms with Crippen LogP contribution < -0.4 is 5.32 Å². The summed E-state index contributed by atoms with van der Waals surface area (Å²) in [5, 5.41) is 3.31. The predicted octanol–water partition coefficient (Wildman–Crippen LogP) is 4.40. The Morgan fingerprint density at radius 1 is 0.912 bits per heavy atom. The summed E-state index contributed by atoms with van der Waals surface area (Å²) in [6.45, 7) is 5.71. The van der Waals surface area contributed by atoms with E-state index in [9.17, 15) is 14.4 Å². The highest BCUT2D eigenvalue weighted by atomic mass is 16.5. The van der Waals surface area contributed by atoms with Crippen molar-refractivity contribution in [1.29, 1.82) is 0 Å². The Hall–Kier alpha value is -3.67. The Morgan fingerprint density at radius 3 is 2.09 bits per heavy atom. The van der Waals surface area contributed by atoms with Crippen LogP contribution in [0.4, 0.5) is 0 Å². The molecule has 1 heterocycles. The van der Waals surface area contributed by atoms with Crippen LogP contribution in [0.2, 0.25) is 0 Å². The lowest BCUT2D eigenvalue weighted by atomic mass is 9.67. The van der Waals surface area contributed by atoms with Crippen LogP contribution in [0.1, 0.15) is 50.2 Å². The largest absolute Gasteiger partial charge is 0.465 e. The summed E-state index contributed by atoms with van der Waals surface area (Å²) >= 11 is 0. The first kappa shape index (κ1) is 23.5. The van der Waals surface area contributed by atoms with Crippen LogP contribution in [0.3, 0.4) is 0 Å². The summed E-state index contributed by atoms with van der Waals surface area (Å²) in [7, 11) is 0. The van der Waals surface area contributed by atoms with Gasteiger partial charge in [-0.3, -0.25) is 9.59 Å². The molecule has 0 fully saturated rings. The minimum absolute atomic E-state index is 0.184. The van der Waals surface area contributed by atoms with Gasteiger partial charge >= 0.3 is 11.9 Å².